The Balaban J connectivity index is 1.80. The number of carbonyl (C=O) groups is 1. The normalized spacial score (nSPS) is 14.1. The Labute approximate surface area is 121 Å². The van der Waals surface area contributed by atoms with Crippen LogP contribution in [-0.4, -0.2) is 33.9 Å². The third-order valence-corrected chi connectivity index (χ3v) is 3.23. The molecule has 7 nitrogen and oxygen atoms in total. The lowest BCUT2D eigenvalue weighted by Gasteiger charge is -2.19. The first-order chi connectivity index (χ1) is 10.3. The molecule has 21 heavy (non-hydrogen) atoms. The van der Waals surface area contributed by atoms with Crippen LogP contribution in [0.2, 0.25) is 0 Å². The second-order valence-corrected chi connectivity index (χ2v) is 4.61. The van der Waals surface area contributed by atoms with E-state index in [0.29, 0.717) is 42.5 Å². The maximum absolute atomic E-state index is 12.5. The van der Waals surface area contributed by atoms with Gasteiger partial charge >= 0.3 is 0 Å². The quantitative estimate of drug-likeness (QED) is 0.640. The maximum atomic E-state index is 12.5. The highest BCUT2D eigenvalue weighted by atomic mass is 16.5. The molecule has 0 fully saturated rings. The van der Waals surface area contributed by atoms with E-state index < -0.39 is 0 Å². The highest BCUT2D eigenvalue weighted by Crippen LogP contribution is 2.23. The molecule has 3 rings (SSSR count). The van der Waals surface area contributed by atoms with Crippen LogP contribution >= 0.6 is 0 Å². The van der Waals surface area contributed by atoms with Crippen LogP contribution in [-0.2, 0) is 6.54 Å². The number of rotatable bonds is 3. The Hall–Kier alpha value is -2.67. The van der Waals surface area contributed by atoms with Gasteiger partial charge in [-0.05, 0) is 12.1 Å². The molecule has 0 saturated heterocycles. The average molecular weight is 285 g/mol. The van der Waals surface area contributed by atoms with Crippen LogP contribution in [0.25, 0.3) is 0 Å². The van der Waals surface area contributed by atoms with Gasteiger partial charge in [-0.3, -0.25) is 9.78 Å². The zero-order valence-electron chi connectivity index (χ0n) is 11.3. The number of nitrogens with two attached hydrogens (primary N) is 1. The van der Waals surface area contributed by atoms with Gasteiger partial charge in [0.15, 0.2) is 5.82 Å². The van der Waals surface area contributed by atoms with Crippen molar-refractivity contribution < 1.29 is 9.53 Å². The van der Waals surface area contributed by atoms with Crippen LogP contribution in [0, 0.1) is 0 Å². The van der Waals surface area contributed by atoms with Gasteiger partial charge in [0.1, 0.15) is 12.4 Å². The monoisotopic (exact) mass is 285 g/mol. The van der Waals surface area contributed by atoms with Crippen molar-refractivity contribution in [1.29, 1.82) is 0 Å². The topological polar surface area (TPSA) is 93.4 Å². The molecule has 1 aromatic carbocycles. The number of hydrazine groups is 1. The van der Waals surface area contributed by atoms with Crippen molar-refractivity contribution in [3.05, 3.63) is 47.9 Å². The highest BCUT2D eigenvalue weighted by molar-refractivity contribution is 5.97. The van der Waals surface area contributed by atoms with Crippen molar-refractivity contribution in [2.75, 3.05) is 18.6 Å². The Morgan fingerprint density at radius 1 is 1.29 bits per heavy atom. The number of anilines is 1. The van der Waals surface area contributed by atoms with Gasteiger partial charge in [-0.1, -0.05) is 12.1 Å². The molecule has 2 aromatic rings. The summed E-state index contributed by atoms with van der Waals surface area (Å²) in [5.74, 6) is 6.29. The summed E-state index contributed by atoms with van der Waals surface area (Å²) in [6, 6.07) is 7.25. The smallest absolute Gasteiger partial charge is 0.258 e. The van der Waals surface area contributed by atoms with Gasteiger partial charge in [-0.25, -0.2) is 10.8 Å². The first-order valence-corrected chi connectivity index (χ1v) is 6.56. The maximum Gasteiger partial charge on any atom is 0.258 e. The Bertz CT molecular complexity index is 644. The molecule has 1 aromatic heterocycles. The number of nitrogens with one attached hydrogen (secondary N) is 1. The Kier molecular flexibility index (Phi) is 3.65. The molecule has 0 radical (unpaired) electrons. The minimum absolute atomic E-state index is 0.0640. The number of hydrogen-bond acceptors (Lipinski definition) is 6. The average Bonchev–Trinajstić information content (AvgIpc) is 2.69. The molecule has 108 valence electrons. The molecule has 0 bridgehead atoms. The number of hydrogen-bond donors (Lipinski definition) is 2. The summed E-state index contributed by atoms with van der Waals surface area (Å²) in [5.41, 5.74) is 3.68. The van der Waals surface area contributed by atoms with Crippen LogP contribution in [0.15, 0.2) is 36.7 Å². The number of nitrogens with zero attached hydrogens (tertiary/aromatic N) is 3. The lowest BCUT2D eigenvalue weighted by Crippen LogP contribution is -2.32. The highest BCUT2D eigenvalue weighted by Gasteiger charge is 2.23. The third kappa shape index (κ3) is 2.77. The fourth-order valence-corrected chi connectivity index (χ4v) is 2.16. The van der Waals surface area contributed by atoms with E-state index in [1.165, 1.54) is 6.20 Å². The molecular formula is C14H15N5O2. The molecule has 0 saturated carbocycles. The number of benzene rings is 1. The SMILES string of the molecule is NNc1cnc(CN2CCOc3ccccc3C2=O)cn1. The van der Waals surface area contributed by atoms with Crippen molar-refractivity contribution in [3.63, 3.8) is 0 Å². The fourth-order valence-electron chi connectivity index (χ4n) is 2.16. The first kappa shape index (κ1) is 13.3. The van der Waals surface area contributed by atoms with Crippen LogP contribution in [0.5, 0.6) is 5.75 Å². The number of carbonyl (C=O) groups excluding carboxylic acids is 1. The molecule has 0 atom stereocenters. The van der Waals surface area contributed by atoms with E-state index >= 15 is 0 Å². The summed E-state index contributed by atoms with van der Waals surface area (Å²) in [6.07, 6.45) is 3.13. The minimum Gasteiger partial charge on any atom is -0.491 e. The van der Waals surface area contributed by atoms with Gasteiger partial charge in [-0.15, -0.1) is 0 Å². The zero-order valence-corrected chi connectivity index (χ0v) is 11.3. The van der Waals surface area contributed by atoms with Gasteiger partial charge in [0.25, 0.3) is 5.91 Å². The molecule has 3 N–H and O–H groups in total. The first-order valence-electron chi connectivity index (χ1n) is 6.56. The standard InChI is InChI=1S/C14H15N5O2/c15-18-13-8-16-10(7-17-13)9-19-5-6-21-12-4-2-1-3-11(12)14(19)20/h1-4,7-8H,5-6,9,15H2,(H,17,18). The number of fused-ring (bicyclic) bond motifs is 1. The molecule has 0 aliphatic carbocycles. The van der Waals surface area contributed by atoms with Crippen LogP contribution in [0.3, 0.4) is 0 Å². The molecule has 1 amide bonds. The second kappa shape index (κ2) is 5.76. The molecule has 0 spiro atoms. The molecule has 1 aliphatic heterocycles. The summed E-state index contributed by atoms with van der Waals surface area (Å²) >= 11 is 0. The van der Waals surface area contributed by atoms with E-state index in [4.69, 9.17) is 10.6 Å². The van der Waals surface area contributed by atoms with Gasteiger partial charge in [0, 0.05) is 0 Å². The zero-order chi connectivity index (χ0) is 14.7. The van der Waals surface area contributed by atoms with Crippen molar-refractivity contribution >= 4 is 11.7 Å². The Morgan fingerprint density at radius 3 is 2.90 bits per heavy atom. The molecule has 7 heteroatoms. The second-order valence-electron chi connectivity index (χ2n) is 4.61. The molecule has 0 unspecified atom stereocenters. The van der Waals surface area contributed by atoms with Gasteiger partial charge in [0.2, 0.25) is 0 Å². The predicted octanol–water partition coefficient (Wildman–Crippen LogP) is 0.797. The fraction of sp³-hybridized carbons (Fsp3) is 0.214. The lowest BCUT2D eigenvalue weighted by molar-refractivity contribution is 0.0740. The summed E-state index contributed by atoms with van der Waals surface area (Å²) in [4.78, 5) is 22.5. The summed E-state index contributed by atoms with van der Waals surface area (Å²) in [5, 5.41) is 0. The number of amides is 1. The number of nitrogen functional groups attached to an aromatic ring is 1. The minimum atomic E-state index is -0.0640. The number of ether oxygens (including phenoxy) is 1. The summed E-state index contributed by atoms with van der Waals surface area (Å²) < 4.78 is 5.60. The van der Waals surface area contributed by atoms with E-state index in [1.807, 2.05) is 12.1 Å². The third-order valence-electron chi connectivity index (χ3n) is 3.23. The van der Waals surface area contributed by atoms with E-state index in [-0.39, 0.29) is 5.91 Å². The molecular weight excluding hydrogens is 270 g/mol. The van der Waals surface area contributed by atoms with Gasteiger partial charge in [-0.2, -0.15) is 0 Å². The summed E-state index contributed by atoms with van der Waals surface area (Å²) in [6.45, 7) is 1.35. The van der Waals surface area contributed by atoms with Crippen LogP contribution in [0.1, 0.15) is 16.1 Å². The van der Waals surface area contributed by atoms with E-state index in [9.17, 15) is 4.79 Å². The largest absolute Gasteiger partial charge is 0.491 e. The number of aromatic nitrogens is 2. The van der Waals surface area contributed by atoms with Crippen molar-refractivity contribution in [3.8, 4) is 5.75 Å². The van der Waals surface area contributed by atoms with Crippen LogP contribution in [0.4, 0.5) is 5.82 Å². The summed E-state index contributed by atoms with van der Waals surface area (Å²) in [7, 11) is 0. The Morgan fingerprint density at radius 2 is 2.14 bits per heavy atom. The van der Waals surface area contributed by atoms with Crippen LogP contribution < -0.4 is 16.0 Å². The van der Waals surface area contributed by atoms with Gasteiger partial charge < -0.3 is 15.1 Å². The van der Waals surface area contributed by atoms with Crippen molar-refractivity contribution in [2.24, 2.45) is 5.84 Å². The van der Waals surface area contributed by atoms with E-state index in [0.717, 1.165) is 0 Å². The molecule has 2 heterocycles. The molecule has 1 aliphatic rings. The predicted molar refractivity (Wildman–Crippen MR) is 76.5 cm³/mol. The van der Waals surface area contributed by atoms with Crippen molar-refractivity contribution in [1.82, 2.24) is 14.9 Å². The lowest BCUT2D eigenvalue weighted by atomic mass is 10.2. The van der Waals surface area contributed by atoms with Crippen molar-refractivity contribution in [2.45, 2.75) is 6.54 Å². The van der Waals surface area contributed by atoms with Gasteiger partial charge in [0.05, 0.1) is 36.7 Å². The van der Waals surface area contributed by atoms with E-state index in [1.54, 1.807) is 23.2 Å². The number of para-hydroxylation sites is 1. The van der Waals surface area contributed by atoms with E-state index in [2.05, 4.69) is 15.4 Å².